The summed E-state index contributed by atoms with van der Waals surface area (Å²) in [7, 11) is 0. The molecule has 0 aliphatic carbocycles. The van der Waals surface area contributed by atoms with Gasteiger partial charge in [0.25, 0.3) is 0 Å². The number of carbonyl (C=O) groups is 1. The lowest BCUT2D eigenvalue weighted by atomic mass is 9.96. The summed E-state index contributed by atoms with van der Waals surface area (Å²) in [5.41, 5.74) is 0. The van der Waals surface area contributed by atoms with E-state index in [4.69, 9.17) is 0 Å². The molecule has 0 heterocycles. The van der Waals surface area contributed by atoms with Gasteiger partial charge in [-0.2, -0.15) is 0 Å². The molecule has 194 valence electrons. The quantitative estimate of drug-likeness (QED) is 0.143. The Morgan fingerprint density at radius 3 is 1.44 bits per heavy atom. The molecule has 0 aromatic heterocycles. The summed E-state index contributed by atoms with van der Waals surface area (Å²) in [6.45, 7) is 16.7. The lowest BCUT2D eigenvalue weighted by molar-refractivity contribution is -0.117. The van der Waals surface area contributed by atoms with Crippen LogP contribution >= 0.6 is 0 Å². The molecule has 0 saturated carbocycles. The number of unbranched alkanes of at least 4 members (excludes halogenated alkanes) is 13. The highest BCUT2D eigenvalue weighted by molar-refractivity contribution is 5.75. The van der Waals surface area contributed by atoms with E-state index in [1.54, 1.807) is 6.92 Å². The highest BCUT2D eigenvalue weighted by Crippen LogP contribution is 2.18. The first-order chi connectivity index (χ1) is 15.5. The summed E-state index contributed by atoms with van der Waals surface area (Å²) in [6.07, 6.45) is 25.8. The number of Topliss-reactive ketones (excluding diaryl/α,β-unsaturated/α-hetero) is 1. The maximum absolute atomic E-state index is 10.7. The molecule has 0 fully saturated rings. The standard InChI is InChI=1S/C17H36.C13H27NO/c1-4-6-8-10-12-14-16-17(3)15-13-11-9-7-5-2;1-4-14(5-2)12-10-8-6-7-9-11-13(3)15/h17H,4-16H2,1-3H3;4-12H2,1-3H3. The molecular formula is C30H63NO. The predicted molar refractivity (Wildman–Crippen MR) is 147 cm³/mol. The minimum Gasteiger partial charge on any atom is -0.304 e. The second-order valence-electron chi connectivity index (χ2n) is 10.1. The van der Waals surface area contributed by atoms with Gasteiger partial charge in [0, 0.05) is 6.42 Å². The monoisotopic (exact) mass is 453 g/mol. The Bertz CT molecular complexity index is 351. The Hall–Kier alpha value is -0.370. The Labute approximate surface area is 204 Å². The summed E-state index contributed by atoms with van der Waals surface area (Å²) in [5.74, 6) is 1.31. The lowest BCUT2D eigenvalue weighted by Crippen LogP contribution is -2.23. The van der Waals surface area contributed by atoms with Crippen LogP contribution in [0.1, 0.15) is 164 Å². The van der Waals surface area contributed by atoms with Crippen LogP contribution in [-0.2, 0) is 4.79 Å². The maximum Gasteiger partial charge on any atom is 0.129 e. The molecule has 1 atom stereocenters. The molecule has 1 unspecified atom stereocenters. The fourth-order valence-electron chi connectivity index (χ4n) is 4.29. The van der Waals surface area contributed by atoms with Gasteiger partial charge in [-0.3, -0.25) is 0 Å². The van der Waals surface area contributed by atoms with Gasteiger partial charge in [0.1, 0.15) is 5.78 Å². The SMILES string of the molecule is CCCCCCCCC(C)CCCCCCC.CCN(CC)CCCCCCCC(C)=O. The second-order valence-corrected chi connectivity index (χ2v) is 10.1. The zero-order valence-electron chi connectivity index (χ0n) is 23.5. The number of hydrogen-bond donors (Lipinski definition) is 0. The molecule has 0 aliphatic heterocycles. The molecule has 0 spiro atoms. The molecule has 2 nitrogen and oxygen atoms in total. The predicted octanol–water partition coefficient (Wildman–Crippen LogP) is 9.99. The van der Waals surface area contributed by atoms with Crippen molar-refractivity contribution in [3.05, 3.63) is 0 Å². The smallest absolute Gasteiger partial charge is 0.129 e. The van der Waals surface area contributed by atoms with Crippen LogP contribution in [0, 0.1) is 5.92 Å². The van der Waals surface area contributed by atoms with Crippen LogP contribution in [0.25, 0.3) is 0 Å². The van der Waals surface area contributed by atoms with Gasteiger partial charge in [0.15, 0.2) is 0 Å². The Morgan fingerprint density at radius 2 is 1.00 bits per heavy atom. The average molecular weight is 454 g/mol. The van der Waals surface area contributed by atoms with Gasteiger partial charge in [-0.25, -0.2) is 0 Å². The zero-order chi connectivity index (χ0) is 24.3. The summed E-state index contributed by atoms with van der Waals surface area (Å²) in [5, 5.41) is 0. The van der Waals surface area contributed by atoms with Crippen LogP contribution < -0.4 is 0 Å². The van der Waals surface area contributed by atoms with Gasteiger partial charge in [-0.15, -0.1) is 0 Å². The summed E-state index contributed by atoms with van der Waals surface area (Å²) in [6, 6.07) is 0. The van der Waals surface area contributed by atoms with E-state index < -0.39 is 0 Å². The first-order valence-electron chi connectivity index (χ1n) is 14.7. The summed E-state index contributed by atoms with van der Waals surface area (Å²) >= 11 is 0. The molecular weight excluding hydrogens is 390 g/mol. The topological polar surface area (TPSA) is 20.3 Å². The molecule has 32 heavy (non-hydrogen) atoms. The minimum atomic E-state index is 0.332. The van der Waals surface area contributed by atoms with E-state index in [1.807, 2.05) is 0 Å². The zero-order valence-corrected chi connectivity index (χ0v) is 23.5. The molecule has 0 aliphatic rings. The third-order valence-electron chi connectivity index (χ3n) is 6.75. The van der Waals surface area contributed by atoms with Gasteiger partial charge >= 0.3 is 0 Å². The number of rotatable bonds is 23. The summed E-state index contributed by atoms with van der Waals surface area (Å²) < 4.78 is 0. The molecule has 0 aromatic rings. The van der Waals surface area contributed by atoms with Crippen molar-refractivity contribution in [2.24, 2.45) is 5.92 Å². The van der Waals surface area contributed by atoms with E-state index in [1.165, 1.54) is 129 Å². The van der Waals surface area contributed by atoms with Crippen molar-refractivity contribution < 1.29 is 4.79 Å². The van der Waals surface area contributed by atoms with E-state index in [0.29, 0.717) is 5.78 Å². The van der Waals surface area contributed by atoms with E-state index in [0.717, 1.165) is 18.8 Å². The van der Waals surface area contributed by atoms with E-state index >= 15 is 0 Å². The molecule has 0 rings (SSSR count). The highest BCUT2D eigenvalue weighted by atomic mass is 16.1. The van der Waals surface area contributed by atoms with Gasteiger partial charge < -0.3 is 9.69 Å². The Kier molecular flexibility index (Phi) is 30.3. The van der Waals surface area contributed by atoms with Crippen LogP contribution in [0.3, 0.4) is 0 Å². The maximum atomic E-state index is 10.7. The molecule has 0 bridgehead atoms. The lowest BCUT2D eigenvalue weighted by Gasteiger charge is -2.17. The van der Waals surface area contributed by atoms with Crippen LogP contribution in [0.2, 0.25) is 0 Å². The first-order valence-corrected chi connectivity index (χ1v) is 14.7. The molecule has 0 amide bonds. The number of carbonyl (C=O) groups excluding carboxylic acids is 1. The number of hydrogen-bond acceptors (Lipinski definition) is 2. The Balaban J connectivity index is 0. The molecule has 0 saturated heterocycles. The minimum absolute atomic E-state index is 0.332. The highest BCUT2D eigenvalue weighted by Gasteiger charge is 2.02. The van der Waals surface area contributed by atoms with Gasteiger partial charge in [-0.05, 0) is 45.3 Å². The molecule has 0 N–H and O–H groups in total. The van der Waals surface area contributed by atoms with Crippen molar-refractivity contribution in [3.8, 4) is 0 Å². The number of ketones is 1. The van der Waals surface area contributed by atoms with Crippen molar-refractivity contribution in [3.63, 3.8) is 0 Å². The van der Waals surface area contributed by atoms with Crippen molar-refractivity contribution in [1.82, 2.24) is 4.90 Å². The number of nitrogens with zero attached hydrogens (tertiary/aromatic N) is 1. The fourth-order valence-corrected chi connectivity index (χ4v) is 4.29. The third kappa shape index (κ3) is 29.6. The molecule has 2 heteroatoms. The van der Waals surface area contributed by atoms with Gasteiger partial charge in [0.2, 0.25) is 0 Å². The van der Waals surface area contributed by atoms with E-state index in [2.05, 4.69) is 39.5 Å². The normalized spacial score (nSPS) is 12.0. The van der Waals surface area contributed by atoms with Crippen LogP contribution in [0.4, 0.5) is 0 Å². The van der Waals surface area contributed by atoms with Crippen LogP contribution in [0.5, 0.6) is 0 Å². The van der Waals surface area contributed by atoms with Crippen LogP contribution in [-0.4, -0.2) is 30.3 Å². The Morgan fingerprint density at radius 1 is 0.594 bits per heavy atom. The third-order valence-corrected chi connectivity index (χ3v) is 6.75. The van der Waals surface area contributed by atoms with Gasteiger partial charge in [-0.1, -0.05) is 137 Å². The van der Waals surface area contributed by atoms with E-state index in [-0.39, 0.29) is 0 Å². The fraction of sp³-hybridized carbons (Fsp3) is 0.967. The largest absolute Gasteiger partial charge is 0.304 e. The van der Waals surface area contributed by atoms with Crippen LogP contribution in [0.15, 0.2) is 0 Å². The van der Waals surface area contributed by atoms with E-state index in [9.17, 15) is 4.79 Å². The van der Waals surface area contributed by atoms with Gasteiger partial charge in [0.05, 0.1) is 0 Å². The first kappa shape index (κ1) is 33.8. The van der Waals surface area contributed by atoms with Crippen molar-refractivity contribution >= 4 is 5.78 Å². The summed E-state index contributed by atoms with van der Waals surface area (Å²) in [4.78, 5) is 13.2. The van der Waals surface area contributed by atoms with Crippen molar-refractivity contribution in [1.29, 1.82) is 0 Å². The average Bonchev–Trinajstić information content (AvgIpc) is 2.78. The van der Waals surface area contributed by atoms with Crippen molar-refractivity contribution in [2.45, 2.75) is 164 Å². The molecule has 0 aromatic carbocycles. The molecule has 0 radical (unpaired) electrons. The van der Waals surface area contributed by atoms with Crippen molar-refractivity contribution in [2.75, 3.05) is 19.6 Å². The second kappa shape index (κ2) is 28.7.